The summed E-state index contributed by atoms with van der Waals surface area (Å²) in [4.78, 5) is 49.9. The van der Waals surface area contributed by atoms with E-state index >= 15 is 0 Å². The molecule has 0 bridgehead atoms. The third kappa shape index (κ3) is 19.9. The van der Waals surface area contributed by atoms with Gasteiger partial charge < -0.3 is 53.0 Å². The normalized spacial score (nSPS) is 22.8. The quantitative estimate of drug-likeness (QED) is 0.145. The second-order valence-corrected chi connectivity index (χ2v) is 8.95. The number of nitrogens with two attached hydrogens (primary N) is 2. The number of carbonyl (C=O) groups is 5. The molecule has 3 aliphatic rings. The average molecular weight is 588 g/mol. The third-order valence-corrected chi connectivity index (χ3v) is 5.89. The molecule has 0 aromatic rings. The van der Waals surface area contributed by atoms with Crippen LogP contribution in [0.15, 0.2) is 0 Å². The zero-order chi connectivity index (χ0) is 29.7. The fourth-order valence-corrected chi connectivity index (χ4v) is 3.15. The molecule has 0 aliphatic carbocycles. The number of thiol groups is 2. The van der Waals surface area contributed by atoms with Gasteiger partial charge in [-0.1, -0.05) is 0 Å². The molecule has 12 N–H and O–H groups in total. The Labute approximate surface area is 231 Å². The topological polar surface area (TPSA) is 275 Å². The lowest BCUT2D eigenvalue weighted by molar-refractivity contribution is -0.140. The lowest BCUT2D eigenvalue weighted by Crippen LogP contribution is -2.31. The van der Waals surface area contributed by atoms with Crippen molar-refractivity contribution < 1.29 is 49.5 Å². The summed E-state index contributed by atoms with van der Waals surface area (Å²) in [5.74, 6) is -3.79. The third-order valence-electron chi connectivity index (χ3n) is 5.10. The highest BCUT2D eigenvalue weighted by molar-refractivity contribution is 7.80. The van der Waals surface area contributed by atoms with Gasteiger partial charge in [0.05, 0.1) is 0 Å². The Kier molecular flexibility index (Phi) is 22.8. The summed E-state index contributed by atoms with van der Waals surface area (Å²) < 4.78 is 0. The molecule has 0 saturated carbocycles. The molecule has 3 saturated heterocycles. The summed E-state index contributed by atoms with van der Waals surface area (Å²) in [6.07, 6.45) is 5.35. The van der Waals surface area contributed by atoms with E-state index in [0.717, 1.165) is 58.2 Å². The maximum absolute atomic E-state index is 10.1. The van der Waals surface area contributed by atoms with E-state index in [1.165, 1.54) is 0 Å². The lowest BCUT2D eigenvalue weighted by Gasteiger charge is -1.99. The Morgan fingerprint density at radius 2 is 0.842 bits per heavy atom. The van der Waals surface area contributed by atoms with Crippen LogP contribution in [0.5, 0.6) is 0 Å². The van der Waals surface area contributed by atoms with Gasteiger partial charge in [-0.15, -0.1) is 0 Å². The van der Waals surface area contributed by atoms with Crippen molar-refractivity contribution in [1.29, 1.82) is 0 Å². The highest BCUT2D eigenvalue weighted by Gasteiger charge is 2.21. The minimum absolute atomic E-state index is 0.190. The van der Waals surface area contributed by atoms with E-state index < -0.39 is 41.9 Å². The number of hydrogen-bond donors (Lipinski definition) is 12. The molecule has 15 nitrogen and oxygen atoms in total. The molecule has 5 atom stereocenters. The molecule has 0 spiro atoms. The van der Waals surface area contributed by atoms with E-state index in [2.05, 4.69) is 41.2 Å². The second-order valence-electron chi connectivity index (χ2n) is 8.22. The monoisotopic (exact) mass is 587 g/mol. The molecule has 3 heterocycles. The Morgan fingerprint density at radius 3 is 0.895 bits per heavy atom. The first-order chi connectivity index (χ1) is 17.8. The lowest BCUT2D eigenvalue weighted by atomic mass is 10.2. The van der Waals surface area contributed by atoms with Gasteiger partial charge >= 0.3 is 29.8 Å². The molecule has 0 aromatic heterocycles. The van der Waals surface area contributed by atoms with Crippen molar-refractivity contribution in [3.8, 4) is 0 Å². The Hall–Kier alpha value is -2.15. The van der Waals surface area contributed by atoms with Crippen LogP contribution < -0.4 is 27.4 Å². The summed E-state index contributed by atoms with van der Waals surface area (Å²) in [7, 11) is 0. The first-order valence-electron chi connectivity index (χ1n) is 11.8. The molecule has 3 fully saturated rings. The summed E-state index contributed by atoms with van der Waals surface area (Å²) in [5.41, 5.74) is 9.88. The second kappa shape index (κ2) is 22.8. The van der Waals surface area contributed by atoms with Crippen LogP contribution in [0.4, 0.5) is 0 Å². The molecular formula is C21H41N5O10S2. The van der Waals surface area contributed by atoms with Crippen LogP contribution in [-0.2, 0) is 24.0 Å². The molecule has 38 heavy (non-hydrogen) atoms. The Balaban J connectivity index is 0. The van der Waals surface area contributed by atoms with Gasteiger partial charge in [-0.25, -0.2) is 0 Å². The van der Waals surface area contributed by atoms with E-state index in [4.69, 9.17) is 37.0 Å². The standard InChI is InChI=1S/3C5H9NO2.2C3H7NO2S/c3*7-5(8)4-2-1-3-6-4;2*4-2(1-7)3(5)6/h3*4,6H,1-3H2,(H,7,8);2*2,7H,1,4H2,(H,5,6)/t3*4-;2*2-/m00000/s1. The Bertz CT molecular complexity index is 635. The predicted octanol–water partition coefficient (Wildman–Crippen LogP) is -1.87. The van der Waals surface area contributed by atoms with Crippen LogP contribution in [0.1, 0.15) is 38.5 Å². The largest absolute Gasteiger partial charge is 0.480 e. The van der Waals surface area contributed by atoms with Crippen molar-refractivity contribution in [2.75, 3.05) is 31.1 Å². The molecule has 17 heteroatoms. The zero-order valence-corrected chi connectivity index (χ0v) is 22.8. The van der Waals surface area contributed by atoms with Crippen molar-refractivity contribution in [2.45, 2.75) is 68.7 Å². The van der Waals surface area contributed by atoms with Crippen molar-refractivity contribution in [2.24, 2.45) is 11.5 Å². The number of hydrogen-bond acceptors (Lipinski definition) is 12. The minimum Gasteiger partial charge on any atom is -0.480 e. The van der Waals surface area contributed by atoms with Gasteiger partial charge in [0.15, 0.2) is 0 Å². The molecule has 3 aliphatic heterocycles. The molecule has 3 rings (SSSR count). The van der Waals surface area contributed by atoms with Crippen molar-refractivity contribution in [3.05, 3.63) is 0 Å². The van der Waals surface area contributed by atoms with Crippen LogP contribution in [0.25, 0.3) is 0 Å². The van der Waals surface area contributed by atoms with Crippen LogP contribution in [-0.4, -0.2) is 117 Å². The predicted molar refractivity (Wildman–Crippen MR) is 145 cm³/mol. The van der Waals surface area contributed by atoms with Gasteiger partial charge in [-0.2, -0.15) is 25.3 Å². The smallest absolute Gasteiger partial charge is 0.321 e. The maximum atomic E-state index is 10.1. The minimum atomic E-state index is -1.00. The summed E-state index contributed by atoms with van der Waals surface area (Å²) >= 11 is 7.30. The van der Waals surface area contributed by atoms with Gasteiger partial charge in [-0.05, 0) is 58.2 Å². The van der Waals surface area contributed by atoms with Crippen LogP contribution >= 0.6 is 25.3 Å². The van der Waals surface area contributed by atoms with Crippen LogP contribution in [0, 0.1) is 0 Å². The van der Waals surface area contributed by atoms with Gasteiger partial charge in [0.1, 0.15) is 30.2 Å². The van der Waals surface area contributed by atoms with Crippen molar-refractivity contribution >= 4 is 55.1 Å². The van der Waals surface area contributed by atoms with E-state index in [0.29, 0.717) is 0 Å². The zero-order valence-electron chi connectivity index (χ0n) is 21.0. The van der Waals surface area contributed by atoms with Crippen LogP contribution in [0.2, 0.25) is 0 Å². The maximum Gasteiger partial charge on any atom is 0.321 e. The number of aliphatic carboxylic acids is 5. The van der Waals surface area contributed by atoms with Gasteiger partial charge in [0.2, 0.25) is 0 Å². The van der Waals surface area contributed by atoms with Gasteiger partial charge in [0.25, 0.3) is 0 Å². The number of carboxylic acid groups (broad SMARTS) is 5. The summed E-state index contributed by atoms with van der Waals surface area (Å²) in [6, 6.07) is -2.44. The summed E-state index contributed by atoms with van der Waals surface area (Å²) in [6.45, 7) is 2.57. The van der Waals surface area contributed by atoms with Gasteiger partial charge in [-0.3, -0.25) is 24.0 Å². The molecule has 0 radical (unpaired) electrons. The number of nitrogens with one attached hydrogen (secondary N) is 3. The summed E-state index contributed by atoms with van der Waals surface area (Å²) in [5, 5.41) is 49.6. The SMILES string of the molecule is N[C@@H](CS)C(=O)O.N[C@@H](CS)C(=O)O.O=C(O)[C@@H]1CCCN1.O=C(O)[C@@H]1CCCN1.O=C(O)[C@@H]1CCCN1. The van der Waals surface area contributed by atoms with E-state index in [9.17, 15) is 24.0 Å². The molecular weight excluding hydrogens is 546 g/mol. The van der Waals surface area contributed by atoms with E-state index in [1.54, 1.807) is 0 Å². The number of rotatable bonds is 7. The van der Waals surface area contributed by atoms with Gasteiger partial charge in [0, 0.05) is 11.5 Å². The highest BCUT2D eigenvalue weighted by Crippen LogP contribution is 2.04. The first kappa shape index (κ1) is 38.0. The fraction of sp³-hybridized carbons (Fsp3) is 0.762. The molecule has 0 aromatic carbocycles. The van der Waals surface area contributed by atoms with Crippen LogP contribution in [0.3, 0.4) is 0 Å². The highest BCUT2D eigenvalue weighted by atomic mass is 32.1. The van der Waals surface area contributed by atoms with E-state index in [-0.39, 0.29) is 29.6 Å². The average Bonchev–Trinajstić information content (AvgIpc) is 3.67. The Morgan fingerprint density at radius 1 is 0.605 bits per heavy atom. The fourth-order valence-electron chi connectivity index (χ4n) is 2.84. The molecule has 0 amide bonds. The number of carboxylic acids is 5. The molecule has 0 unspecified atom stereocenters. The molecule has 222 valence electrons. The first-order valence-corrected chi connectivity index (χ1v) is 13.1. The van der Waals surface area contributed by atoms with Crippen molar-refractivity contribution in [1.82, 2.24) is 16.0 Å². The van der Waals surface area contributed by atoms with Crippen molar-refractivity contribution in [3.63, 3.8) is 0 Å². The van der Waals surface area contributed by atoms with E-state index in [1.807, 2.05) is 0 Å².